The van der Waals surface area contributed by atoms with Crippen LogP contribution in [-0.2, 0) is 0 Å². The SMILES string of the molecule is O=C(Nc1cnc(Br)cn1)c1ccnc(Cl)c1[N+](=O)[O-]. The second-order valence-corrected chi connectivity index (χ2v) is 4.60. The first-order chi connectivity index (χ1) is 9.49. The average Bonchev–Trinajstić information content (AvgIpc) is 2.40. The Kier molecular flexibility index (Phi) is 4.20. The van der Waals surface area contributed by atoms with E-state index in [1.165, 1.54) is 24.7 Å². The van der Waals surface area contributed by atoms with E-state index in [1.54, 1.807) is 0 Å². The number of nitrogens with one attached hydrogen (secondary N) is 1. The van der Waals surface area contributed by atoms with E-state index in [9.17, 15) is 14.9 Å². The minimum atomic E-state index is -0.766. The van der Waals surface area contributed by atoms with E-state index >= 15 is 0 Å². The molecule has 102 valence electrons. The first kappa shape index (κ1) is 14.3. The van der Waals surface area contributed by atoms with Crippen molar-refractivity contribution in [2.75, 3.05) is 5.32 Å². The Morgan fingerprint density at radius 2 is 2.10 bits per heavy atom. The number of anilines is 1. The van der Waals surface area contributed by atoms with Crippen LogP contribution >= 0.6 is 27.5 Å². The van der Waals surface area contributed by atoms with Gasteiger partial charge in [0.15, 0.2) is 5.82 Å². The highest BCUT2D eigenvalue weighted by molar-refractivity contribution is 9.10. The third-order valence-corrected chi connectivity index (χ3v) is 2.85. The highest BCUT2D eigenvalue weighted by atomic mass is 79.9. The minimum absolute atomic E-state index is 0.153. The molecule has 2 aromatic rings. The van der Waals surface area contributed by atoms with Crippen molar-refractivity contribution >= 4 is 44.9 Å². The van der Waals surface area contributed by atoms with Crippen molar-refractivity contribution in [3.8, 4) is 0 Å². The van der Waals surface area contributed by atoms with Gasteiger partial charge in [-0.1, -0.05) is 11.6 Å². The highest BCUT2D eigenvalue weighted by Crippen LogP contribution is 2.26. The molecule has 0 radical (unpaired) electrons. The molecule has 0 aliphatic heterocycles. The lowest BCUT2D eigenvalue weighted by Crippen LogP contribution is -2.15. The zero-order valence-electron chi connectivity index (χ0n) is 9.58. The quantitative estimate of drug-likeness (QED) is 0.512. The summed E-state index contributed by atoms with van der Waals surface area (Å²) in [5.74, 6) is -0.571. The number of carbonyl (C=O) groups excluding carboxylic acids is 1. The van der Waals surface area contributed by atoms with Crippen LogP contribution in [0.1, 0.15) is 10.4 Å². The molecule has 0 spiro atoms. The molecule has 0 atom stereocenters. The van der Waals surface area contributed by atoms with Crippen LogP contribution in [0.25, 0.3) is 0 Å². The Balaban J connectivity index is 2.32. The average molecular weight is 359 g/mol. The van der Waals surface area contributed by atoms with Crippen LogP contribution < -0.4 is 5.32 Å². The van der Waals surface area contributed by atoms with E-state index in [0.717, 1.165) is 0 Å². The van der Waals surface area contributed by atoms with Crippen molar-refractivity contribution in [2.45, 2.75) is 0 Å². The molecule has 2 rings (SSSR count). The molecule has 0 aliphatic rings. The summed E-state index contributed by atoms with van der Waals surface area (Å²) in [5, 5.41) is 12.9. The van der Waals surface area contributed by atoms with Gasteiger partial charge in [0, 0.05) is 6.20 Å². The summed E-state index contributed by atoms with van der Waals surface area (Å²) in [6.07, 6.45) is 3.89. The van der Waals surface area contributed by atoms with Crippen LogP contribution in [0.3, 0.4) is 0 Å². The fraction of sp³-hybridized carbons (Fsp3) is 0. The van der Waals surface area contributed by atoms with Gasteiger partial charge in [0.05, 0.1) is 17.3 Å². The number of hydrogen-bond acceptors (Lipinski definition) is 6. The third kappa shape index (κ3) is 3.06. The number of pyridine rings is 1. The van der Waals surface area contributed by atoms with Crippen molar-refractivity contribution in [3.05, 3.63) is 50.1 Å². The monoisotopic (exact) mass is 357 g/mol. The molecule has 0 bridgehead atoms. The summed E-state index contributed by atoms with van der Waals surface area (Å²) in [7, 11) is 0. The van der Waals surface area contributed by atoms with Gasteiger partial charge in [-0.2, -0.15) is 0 Å². The molecular formula is C10H5BrClN5O3. The molecule has 1 amide bonds. The summed E-state index contributed by atoms with van der Waals surface area (Å²) in [4.78, 5) is 33.5. The summed E-state index contributed by atoms with van der Waals surface area (Å²) >= 11 is 8.72. The van der Waals surface area contributed by atoms with Gasteiger partial charge in [-0.15, -0.1) is 0 Å². The van der Waals surface area contributed by atoms with E-state index in [0.29, 0.717) is 4.60 Å². The van der Waals surface area contributed by atoms with Gasteiger partial charge >= 0.3 is 5.69 Å². The van der Waals surface area contributed by atoms with Crippen LogP contribution in [0.4, 0.5) is 11.5 Å². The lowest BCUT2D eigenvalue weighted by Gasteiger charge is -2.05. The van der Waals surface area contributed by atoms with Crippen LogP contribution in [0.15, 0.2) is 29.3 Å². The zero-order chi connectivity index (χ0) is 14.7. The number of carbonyl (C=O) groups is 1. The van der Waals surface area contributed by atoms with E-state index in [2.05, 4.69) is 36.2 Å². The Bertz CT molecular complexity index is 679. The lowest BCUT2D eigenvalue weighted by molar-refractivity contribution is -0.385. The molecule has 0 saturated heterocycles. The predicted molar refractivity (Wildman–Crippen MR) is 73.6 cm³/mol. The topological polar surface area (TPSA) is 111 Å². The molecule has 8 nitrogen and oxygen atoms in total. The van der Waals surface area contributed by atoms with E-state index < -0.39 is 16.5 Å². The van der Waals surface area contributed by atoms with E-state index in [-0.39, 0.29) is 16.5 Å². The van der Waals surface area contributed by atoms with Crippen LogP contribution in [0, 0.1) is 10.1 Å². The Hall–Kier alpha value is -2.13. The van der Waals surface area contributed by atoms with E-state index in [4.69, 9.17) is 11.6 Å². The standard InChI is InChI=1S/C10H5BrClN5O3/c11-6-3-15-7(4-14-6)16-10(18)5-1-2-13-9(12)8(5)17(19)20/h1-4H,(H,15,16,18). The van der Waals surface area contributed by atoms with Crippen LogP contribution in [0.5, 0.6) is 0 Å². The number of amides is 1. The van der Waals surface area contributed by atoms with Gasteiger partial charge in [0.2, 0.25) is 5.15 Å². The highest BCUT2D eigenvalue weighted by Gasteiger charge is 2.25. The van der Waals surface area contributed by atoms with Gasteiger partial charge in [-0.25, -0.2) is 15.0 Å². The zero-order valence-corrected chi connectivity index (χ0v) is 11.9. The molecule has 20 heavy (non-hydrogen) atoms. The molecule has 0 unspecified atom stereocenters. The second-order valence-electron chi connectivity index (χ2n) is 3.43. The normalized spacial score (nSPS) is 10.1. The largest absolute Gasteiger partial charge is 0.319 e. The Morgan fingerprint density at radius 3 is 2.70 bits per heavy atom. The minimum Gasteiger partial charge on any atom is -0.305 e. The van der Waals surface area contributed by atoms with Crippen LogP contribution in [0.2, 0.25) is 5.15 Å². The summed E-state index contributed by atoms with van der Waals surface area (Å²) in [6, 6.07) is 1.20. The van der Waals surface area contributed by atoms with Crippen molar-refractivity contribution in [1.29, 1.82) is 0 Å². The van der Waals surface area contributed by atoms with Crippen LogP contribution in [-0.4, -0.2) is 25.8 Å². The number of hydrogen-bond donors (Lipinski definition) is 1. The third-order valence-electron chi connectivity index (χ3n) is 2.17. The molecule has 10 heteroatoms. The number of nitrogens with zero attached hydrogens (tertiary/aromatic N) is 4. The van der Waals surface area contributed by atoms with Crippen molar-refractivity contribution < 1.29 is 9.72 Å². The van der Waals surface area contributed by atoms with Gasteiger partial charge in [-0.3, -0.25) is 14.9 Å². The maximum Gasteiger partial charge on any atom is 0.319 e. The lowest BCUT2D eigenvalue weighted by atomic mass is 10.2. The molecule has 2 aromatic heterocycles. The fourth-order valence-corrected chi connectivity index (χ4v) is 1.78. The second kappa shape index (κ2) is 5.88. The maximum absolute atomic E-state index is 12.0. The number of rotatable bonds is 3. The molecule has 0 aliphatic carbocycles. The van der Waals surface area contributed by atoms with Gasteiger partial charge < -0.3 is 5.32 Å². The molecule has 1 N–H and O–H groups in total. The summed E-state index contributed by atoms with van der Waals surface area (Å²) in [6.45, 7) is 0. The molecule has 0 saturated carbocycles. The fourth-order valence-electron chi connectivity index (χ4n) is 1.35. The number of halogens is 2. The molecule has 0 fully saturated rings. The van der Waals surface area contributed by atoms with Gasteiger partial charge in [-0.05, 0) is 22.0 Å². The predicted octanol–water partition coefficient (Wildman–Crippen LogP) is 2.45. The van der Waals surface area contributed by atoms with E-state index in [1.807, 2.05) is 0 Å². The Morgan fingerprint density at radius 1 is 1.35 bits per heavy atom. The summed E-state index contributed by atoms with van der Waals surface area (Å²) < 4.78 is 0.494. The van der Waals surface area contributed by atoms with Gasteiger partial charge in [0.1, 0.15) is 10.2 Å². The molecule has 2 heterocycles. The van der Waals surface area contributed by atoms with Crippen molar-refractivity contribution in [1.82, 2.24) is 15.0 Å². The first-order valence-electron chi connectivity index (χ1n) is 5.07. The smallest absolute Gasteiger partial charge is 0.305 e. The van der Waals surface area contributed by atoms with Crippen molar-refractivity contribution in [3.63, 3.8) is 0 Å². The maximum atomic E-state index is 12.0. The van der Waals surface area contributed by atoms with Crippen molar-refractivity contribution in [2.24, 2.45) is 0 Å². The molecule has 0 aromatic carbocycles. The first-order valence-corrected chi connectivity index (χ1v) is 6.24. The van der Waals surface area contributed by atoms with Gasteiger partial charge in [0.25, 0.3) is 5.91 Å². The Labute approximate surface area is 125 Å². The summed E-state index contributed by atoms with van der Waals surface area (Å²) in [5.41, 5.74) is -0.767. The molecular weight excluding hydrogens is 353 g/mol. The number of nitro groups is 1. The number of aromatic nitrogens is 3.